The lowest BCUT2D eigenvalue weighted by atomic mass is 10.3. The number of benzene rings is 1. The summed E-state index contributed by atoms with van der Waals surface area (Å²) in [5.74, 6) is 2.93. The summed E-state index contributed by atoms with van der Waals surface area (Å²) in [6.45, 7) is 8.43. The molecule has 1 aliphatic rings. The number of nitrogens with zero attached hydrogens (tertiary/aromatic N) is 6. The van der Waals surface area contributed by atoms with Gasteiger partial charge in [-0.15, -0.1) is 0 Å². The van der Waals surface area contributed by atoms with Crippen molar-refractivity contribution in [1.82, 2.24) is 24.6 Å². The Morgan fingerprint density at radius 1 is 1.00 bits per heavy atom. The van der Waals surface area contributed by atoms with E-state index in [4.69, 9.17) is 4.74 Å². The normalized spacial score (nSPS) is 13.9. The molecule has 0 atom stereocenters. The van der Waals surface area contributed by atoms with Crippen LogP contribution >= 0.6 is 0 Å². The molecule has 0 radical (unpaired) electrons. The molecule has 9 nitrogen and oxygen atoms in total. The fourth-order valence-corrected chi connectivity index (χ4v) is 3.75. The van der Waals surface area contributed by atoms with E-state index in [0.29, 0.717) is 43.4 Å². The minimum absolute atomic E-state index is 0.133. The zero-order chi connectivity index (χ0) is 22.0. The van der Waals surface area contributed by atoms with Crippen LogP contribution in [0.15, 0.2) is 36.4 Å². The number of aryl methyl sites for hydroxylation is 3. The number of nitrogens with one attached hydrogen (secondary N) is 1. The second kappa shape index (κ2) is 8.63. The fraction of sp³-hybridized carbons (Fsp3) is 0.364. The highest BCUT2D eigenvalue weighted by molar-refractivity contribution is 5.91. The van der Waals surface area contributed by atoms with Gasteiger partial charge in [0.2, 0.25) is 0 Å². The van der Waals surface area contributed by atoms with Gasteiger partial charge in [-0.05, 0) is 39.0 Å². The van der Waals surface area contributed by atoms with Crippen LogP contribution in [0.3, 0.4) is 0 Å². The van der Waals surface area contributed by atoms with Crippen LogP contribution in [-0.2, 0) is 0 Å². The Bertz CT molecular complexity index is 1090. The van der Waals surface area contributed by atoms with Crippen LogP contribution in [0, 0.1) is 20.8 Å². The summed E-state index contributed by atoms with van der Waals surface area (Å²) in [6.07, 6.45) is 0. The van der Waals surface area contributed by atoms with Crippen molar-refractivity contribution in [1.29, 1.82) is 0 Å². The van der Waals surface area contributed by atoms with E-state index in [1.807, 2.05) is 61.9 Å². The number of urea groups is 1. The summed E-state index contributed by atoms with van der Waals surface area (Å²) >= 11 is 0. The van der Waals surface area contributed by atoms with Crippen molar-refractivity contribution in [2.75, 3.05) is 43.5 Å². The number of anilines is 2. The Kier molecular flexibility index (Phi) is 5.75. The van der Waals surface area contributed by atoms with Crippen molar-refractivity contribution in [2.24, 2.45) is 0 Å². The fourth-order valence-electron chi connectivity index (χ4n) is 3.75. The molecule has 2 aromatic heterocycles. The van der Waals surface area contributed by atoms with Gasteiger partial charge in [0, 0.05) is 37.9 Å². The van der Waals surface area contributed by atoms with E-state index in [9.17, 15) is 4.79 Å². The van der Waals surface area contributed by atoms with Gasteiger partial charge in [0.05, 0.1) is 18.5 Å². The number of amides is 2. The number of methoxy groups -OCH3 is 1. The minimum atomic E-state index is -0.133. The molecule has 1 aliphatic heterocycles. The second-order valence-electron chi connectivity index (χ2n) is 7.57. The standard InChI is InChI=1S/C22H27N7O2/c1-15-13-16(2)29(26-15)21-14-20(23-17(3)24-21)27-9-11-28(12-10-27)22(30)25-18-7-5-6-8-19(18)31-4/h5-8,13-14H,9-12H2,1-4H3,(H,25,30). The average Bonchev–Trinajstić information content (AvgIpc) is 3.11. The number of aromatic nitrogens is 4. The van der Waals surface area contributed by atoms with E-state index < -0.39 is 0 Å². The molecular formula is C22H27N7O2. The van der Waals surface area contributed by atoms with Crippen LogP contribution in [0.5, 0.6) is 5.75 Å². The van der Waals surface area contributed by atoms with Gasteiger partial charge in [-0.3, -0.25) is 0 Å². The van der Waals surface area contributed by atoms with Crippen LogP contribution in [-0.4, -0.2) is 64.0 Å². The quantitative estimate of drug-likeness (QED) is 0.697. The predicted octanol–water partition coefficient (Wildman–Crippen LogP) is 2.95. The predicted molar refractivity (Wildman–Crippen MR) is 119 cm³/mol. The van der Waals surface area contributed by atoms with Crippen LogP contribution in [0.2, 0.25) is 0 Å². The molecule has 3 aromatic rings. The third-order valence-electron chi connectivity index (χ3n) is 5.28. The van der Waals surface area contributed by atoms with Gasteiger partial charge in [0.25, 0.3) is 0 Å². The first-order valence-corrected chi connectivity index (χ1v) is 10.3. The van der Waals surface area contributed by atoms with E-state index >= 15 is 0 Å². The van der Waals surface area contributed by atoms with Gasteiger partial charge in [0.1, 0.15) is 17.4 Å². The molecule has 0 saturated carbocycles. The molecule has 3 heterocycles. The number of ether oxygens (including phenoxy) is 1. The smallest absolute Gasteiger partial charge is 0.322 e. The van der Waals surface area contributed by atoms with E-state index in [1.54, 1.807) is 12.0 Å². The number of rotatable bonds is 4. The molecule has 31 heavy (non-hydrogen) atoms. The van der Waals surface area contributed by atoms with Gasteiger partial charge < -0.3 is 19.9 Å². The van der Waals surface area contributed by atoms with Gasteiger partial charge in [-0.1, -0.05) is 12.1 Å². The summed E-state index contributed by atoms with van der Waals surface area (Å²) in [4.78, 5) is 25.9. The van der Waals surface area contributed by atoms with Crippen LogP contribution in [0.4, 0.5) is 16.3 Å². The van der Waals surface area contributed by atoms with Crippen molar-refractivity contribution in [3.05, 3.63) is 53.6 Å². The maximum absolute atomic E-state index is 12.7. The van der Waals surface area contributed by atoms with E-state index in [0.717, 1.165) is 23.0 Å². The number of para-hydroxylation sites is 2. The van der Waals surface area contributed by atoms with Gasteiger partial charge >= 0.3 is 6.03 Å². The van der Waals surface area contributed by atoms with Gasteiger partial charge in [-0.2, -0.15) is 5.10 Å². The Hall–Kier alpha value is -3.62. The molecule has 0 spiro atoms. The molecule has 0 aliphatic carbocycles. The zero-order valence-corrected chi connectivity index (χ0v) is 18.3. The number of carbonyl (C=O) groups excluding carboxylic acids is 1. The Balaban J connectivity index is 1.44. The van der Waals surface area contributed by atoms with Gasteiger partial charge in [-0.25, -0.2) is 19.4 Å². The lowest BCUT2D eigenvalue weighted by Crippen LogP contribution is -2.50. The first-order chi connectivity index (χ1) is 14.9. The molecule has 0 bridgehead atoms. The third-order valence-corrected chi connectivity index (χ3v) is 5.28. The Labute approximate surface area is 181 Å². The van der Waals surface area contributed by atoms with E-state index in [2.05, 4.69) is 25.3 Å². The molecule has 9 heteroatoms. The molecule has 162 valence electrons. The summed E-state index contributed by atoms with van der Waals surface area (Å²) in [6, 6.07) is 11.2. The van der Waals surface area contributed by atoms with E-state index in [-0.39, 0.29) is 6.03 Å². The summed E-state index contributed by atoms with van der Waals surface area (Å²) in [5, 5.41) is 7.47. The molecule has 0 unspecified atom stereocenters. The molecule has 2 amide bonds. The van der Waals surface area contributed by atoms with Crippen molar-refractivity contribution in [3.8, 4) is 11.6 Å². The molecule has 1 fully saturated rings. The molecule has 1 N–H and O–H groups in total. The molecule has 1 saturated heterocycles. The van der Waals surface area contributed by atoms with Crippen LogP contribution < -0.4 is 15.0 Å². The summed E-state index contributed by atoms with van der Waals surface area (Å²) < 4.78 is 7.15. The topological polar surface area (TPSA) is 88.4 Å². The molecule has 4 rings (SSSR count). The third kappa shape index (κ3) is 4.45. The average molecular weight is 422 g/mol. The largest absolute Gasteiger partial charge is 0.495 e. The highest BCUT2D eigenvalue weighted by Gasteiger charge is 2.23. The van der Waals surface area contributed by atoms with Gasteiger partial charge in [0.15, 0.2) is 5.82 Å². The van der Waals surface area contributed by atoms with E-state index in [1.165, 1.54) is 0 Å². The first-order valence-electron chi connectivity index (χ1n) is 10.3. The summed E-state index contributed by atoms with van der Waals surface area (Å²) in [5.41, 5.74) is 2.64. The highest BCUT2D eigenvalue weighted by atomic mass is 16.5. The highest BCUT2D eigenvalue weighted by Crippen LogP contribution is 2.24. The number of hydrogen-bond acceptors (Lipinski definition) is 6. The number of hydrogen-bond donors (Lipinski definition) is 1. The van der Waals surface area contributed by atoms with Crippen molar-refractivity contribution in [3.63, 3.8) is 0 Å². The van der Waals surface area contributed by atoms with Crippen LogP contribution in [0.1, 0.15) is 17.2 Å². The maximum Gasteiger partial charge on any atom is 0.322 e. The Morgan fingerprint density at radius 3 is 2.39 bits per heavy atom. The first kappa shape index (κ1) is 20.6. The van der Waals surface area contributed by atoms with Crippen LogP contribution in [0.25, 0.3) is 5.82 Å². The Morgan fingerprint density at radius 2 is 1.71 bits per heavy atom. The zero-order valence-electron chi connectivity index (χ0n) is 18.3. The SMILES string of the molecule is COc1ccccc1NC(=O)N1CCN(c2cc(-n3nc(C)cc3C)nc(C)n2)CC1. The van der Waals surface area contributed by atoms with Crippen molar-refractivity contribution >= 4 is 17.5 Å². The van der Waals surface area contributed by atoms with Crippen molar-refractivity contribution in [2.45, 2.75) is 20.8 Å². The second-order valence-corrected chi connectivity index (χ2v) is 7.57. The molecule has 1 aromatic carbocycles. The number of piperazine rings is 1. The lowest BCUT2D eigenvalue weighted by Gasteiger charge is -2.35. The minimum Gasteiger partial charge on any atom is -0.495 e. The molecular weight excluding hydrogens is 394 g/mol. The number of carbonyl (C=O) groups is 1. The van der Waals surface area contributed by atoms with Crippen molar-refractivity contribution < 1.29 is 9.53 Å². The maximum atomic E-state index is 12.7. The summed E-state index contributed by atoms with van der Waals surface area (Å²) in [7, 11) is 1.59. The lowest BCUT2D eigenvalue weighted by molar-refractivity contribution is 0.208. The monoisotopic (exact) mass is 421 g/mol.